The molecule has 0 unspecified atom stereocenters. The van der Waals surface area contributed by atoms with Gasteiger partial charge in [0.05, 0.1) is 4.90 Å². The van der Waals surface area contributed by atoms with Crippen LogP contribution in [0.1, 0.15) is 16.1 Å². The number of nitrogens with zero attached hydrogens (tertiary/aromatic N) is 2. The summed E-state index contributed by atoms with van der Waals surface area (Å²) in [4.78, 5) is 18.4. The maximum absolute atomic E-state index is 12.6. The fourth-order valence-electron chi connectivity index (χ4n) is 3.06. The third-order valence-electron chi connectivity index (χ3n) is 4.51. The normalized spacial score (nSPS) is 13.4. The van der Waals surface area contributed by atoms with E-state index in [0.29, 0.717) is 23.8 Å². The van der Waals surface area contributed by atoms with Gasteiger partial charge < -0.3 is 9.64 Å². The van der Waals surface area contributed by atoms with Crippen LogP contribution >= 0.6 is 11.3 Å². The molecule has 1 amide bonds. The maximum atomic E-state index is 12.6. The quantitative estimate of drug-likeness (QED) is 0.620. The van der Waals surface area contributed by atoms with Crippen LogP contribution < -0.4 is 4.74 Å². The molecule has 28 heavy (non-hydrogen) atoms. The monoisotopic (exact) mass is 414 g/mol. The number of benzene rings is 2. The predicted molar refractivity (Wildman–Crippen MR) is 106 cm³/mol. The highest BCUT2D eigenvalue weighted by Crippen LogP contribution is 2.27. The van der Waals surface area contributed by atoms with Gasteiger partial charge in [-0.05, 0) is 35.4 Å². The van der Waals surface area contributed by atoms with Gasteiger partial charge in [0.15, 0.2) is 16.4 Å². The van der Waals surface area contributed by atoms with E-state index in [2.05, 4.69) is 4.98 Å². The van der Waals surface area contributed by atoms with Crippen LogP contribution in [0.25, 0.3) is 0 Å². The van der Waals surface area contributed by atoms with Crippen molar-refractivity contribution < 1.29 is 17.9 Å². The summed E-state index contributed by atoms with van der Waals surface area (Å²) in [5, 5.41) is 2.32. The Bertz CT molecular complexity index is 1080. The summed E-state index contributed by atoms with van der Waals surface area (Å²) in [7, 11) is -3.47. The second-order valence-electron chi connectivity index (χ2n) is 6.47. The van der Waals surface area contributed by atoms with E-state index in [1.165, 1.54) is 11.3 Å². The van der Waals surface area contributed by atoms with Crippen LogP contribution in [-0.2, 0) is 33.5 Å². The van der Waals surface area contributed by atoms with Crippen molar-refractivity contribution in [1.29, 1.82) is 0 Å². The molecule has 3 aromatic rings. The number of hydrogen-bond acceptors (Lipinski definition) is 6. The lowest BCUT2D eigenvalue weighted by Gasteiger charge is -2.15. The minimum absolute atomic E-state index is 0.0484. The van der Waals surface area contributed by atoms with Gasteiger partial charge in [-0.3, -0.25) is 4.79 Å². The van der Waals surface area contributed by atoms with Gasteiger partial charge in [-0.2, -0.15) is 0 Å². The minimum Gasteiger partial charge on any atom is -0.484 e. The number of ether oxygens (including phenoxy) is 1. The van der Waals surface area contributed by atoms with Gasteiger partial charge in [-0.15, -0.1) is 11.3 Å². The van der Waals surface area contributed by atoms with Gasteiger partial charge >= 0.3 is 0 Å². The van der Waals surface area contributed by atoms with E-state index in [1.54, 1.807) is 46.8 Å². The fraction of sp³-hybridized carbons (Fsp3) is 0.200. The molecule has 8 heteroatoms. The molecule has 144 valence electrons. The largest absolute Gasteiger partial charge is 0.484 e. The third-order valence-corrected chi connectivity index (χ3v) is 7.10. The van der Waals surface area contributed by atoms with Crippen molar-refractivity contribution in [1.82, 2.24) is 9.88 Å². The van der Waals surface area contributed by atoms with Gasteiger partial charge in [-0.1, -0.05) is 24.3 Å². The number of amides is 1. The second kappa shape index (κ2) is 7.73. The molecule has 0 bridgehead atoms. The van der Waals surface area contributed by atoms with Gasteiger partial charge in [0.25, 0.3) is 5.91 Å². The Hall–Kier alpha value is -2.71. The molecule has 0 radical (unpaired) electrons. The molecule has 0 spiro atoms. The smallest absolute Gasteiger partial charge is 0.261 e. The summed E-state index contributed by atoms with van der Waals surface area (Å²) < 4.78 is 30.8. The highest BCUT2D eigenvalue weighted by atomic mass is 32.2. The molecule has 0 N–H and O–H groups in total. The molecule has 0 fully saturated rings. The minimum atomic E-state index is -3.47. The molecule has 0 saturated carbocycles. The predicted octanol–water partition coefficient (Wildman–Crippen LogP) is 3.04. The summed E-state index contributed by atoms with van der Waals surface area (Å²) in [6.45, 7) is 0.791. The molecule has 4 rings (SSSR count). The highest BCUT2D eigenvalue weighted by molar-refractivity contribution is 7.90. The number of aromatic nitrogens is 1. The Kier molecular flexibility index (Phi) is 5.15. The number of rotatable bonds is 6. The molecule has 1 aliphatic rings. The van der Waals surface area contributed by atoms with Gasteiger partial charge in [-0.25, -0.2) is 13.4 Å². The zero-order valence-electron chi connectivity index (χ0n) is 14.9. The van der Waals surface area contributed by atoms with E-state index in [-0.39, 0.29) is 23.2 Å². The first-order chi connectivity index (χ1) is 13.5. The number of carbonyl (C=O) groups is 1. The van der Waals surface area contributed by atoms with Crippen LogP contribution in [0.5, 0.6) is 5.75 Å². The molecule has 1 aromatic heterocycles. The summed E-state index contributed by atoms with van der Waals surface area (Å²) in [6, 6.07) is 14.2. The Morgan fingerprint density at radius 3 is 2.64 bits per heavy atom. The van der Waals surface area contributed by atoms with Crippen molar-refractivity contribution >= 4 is 27.1 Å². The number of sulfone groups is 1. The average Bonchev–Trinajstić information content (AvgIpc) is 3.35. The SMILES string of the molecule is O=C(COc1ccccc1)N1Cc2ccc(S(=O)(=O)Cc3nccs3)cc2C1. The number of thiazole rings is 1. The van der Waals surface area contributed by atoms with Crippen molar-refractivity contribution in [3.8, 4) is 5.75 Å². The number of fused-ring (bicyclic) bond motifs is 1. The van der Waals surface area contributed by atoms with E-state index >= 15 is 0 Å². The topological polar surface area (TPSA) is 76.6 Å². The first-order valence-corrected chi connectivity index (χ1v) is 11.2. The maximum Gasteiger partial charge on any atom is 0.261 e. The Morgan fingerprint density at radius 1 is 1.11 bits per heavy atom. The van der Waals surface area contributed by atoms with Gasteiger partial charge in [0.1, 0.15) is 16.5 Å². The van der Waals surface area contributed by atoms with Crippen LogP contribution in [0, 0.1) is 0 Å². The third kappa shape index (κ3) is 4.07. The summed E-state index contributed by atoms with van der Waals surface area (Å²) in [5.74, 6) is 0.396. The van der Waals surface area contributed by atoms with E-state index < -0.39 is 9.84 Å². The van der Waals surface area contributed by atoms with E-state index in [0.717, 1.165) is 11.1 Å². The number of para-hydroxylation sites is 1. The summed E-state index contributed by atoms with van der Waals surface area (Å²) in [6.07, 6.45) is 1.60. The van der Waals surface area contributed by atoms with Crippen molar-refractivity contribution in [2.45, 2.75) is 23.7 Å². The number of carbonyl (C=O) groups excluding carboxylic acids is 1. The van der Waals surface area contributed by atoms with Crippen molar-refractivity contribution in [2.75, 3.05) is 6.61 Å². The lowest BCUT2D eigenvalue weighted by Crippen LogP contribution is -2.30. The first kappa shape index (κ1) is 18.6. The Labute approximate surface area is 167 Å². The van der Waals surface area contributed by atoms with Crippen LogP contribution in [0.4, 0.5) is 0 Å². The first-order valence-electron chi connectivity index (χ1n) is 8.70. The van der Waals surface area contributed by atoms with E-state index in [1.807, 2.05) is 18.2 Å². The molecular formula is C20H18N2O4S2. The van der Waals surface area contributed by atoms with E-state index in [4.69, 9.17) is 4.74 Å². The van der Waals surface area contributed by atoms with Crippen LogP contribution in [0.2, 0.25) is 0 Å². The van der Waals surface area contributed by atoms with Crippen molar-refractivity contribution in [2.24, 2.45) is 0 Å². The number of hydrogen-bond donors (Lipinski definition) is 0. The standard InChI is InChI=1S/C20H18N2O4S2/c23-20(13-26-17-4-2-1-3-5-17)22-11-15-6-7-18(10-16(15)12-22)28(24,25)14-19-21-8-9-27-19/h1-10H,11-14H2. The molecule has 0 atom stereocenters. The molecule has 2 aromatic carbocycles. The molecule has 1 aliphatic heterocycles. The Morgan fingerprint density at radius 2 is 1.89 bits per heavy atom. The second-order valence-corrected chi connectivity index (χ2v) is 9.44. The zero-order chi connectivity index (χ0) is 19.6. The van der Waals surface area contributed by atoms with Crippen LogP contribution in [-0.4, -0.2) is 30.8 Å². The van der Waals surface area contributed by atoms with Gasteiger partial charge in [0, 0.05) is 24.7 Å². The zero-order valence-corrected chi connectivity index (χ0v) is 16.6. The fourth-order valence-corrected chi connectivity index (χ4v) is 5.37. The molecule has 6 nitrogen and oxygen atoms in total. The molecule has 0 aliphatic carbocycles. The van der Waals surface area contributed by atoms with Crippen LogP contribution in [0.15, 0.2) is 65.0 Å². The summed E-state index contributed by atoms with van der Waals surface area (Å²) in [5.41, 5.74) is 1.81. The lowest BCUT2D eigenvalue weighted by molar-refractivity contribution is -0.134. The Balaban J connectivity index is 1.43. The highest BCUT2D eigenvalue weighted by Gasteiger charge is 2.26. The average molecular weight is 415 g/mol. The van der Waals surface area contributed by atoms with Crippen molar-refractivity contribution in [3.05, 3.63) is 76.2 Å². The van der Waals surface area contributed by atoms with E-state index in [9.17, 15) is 13.2 Å². The van der Waals surface area contributed by atoms with Crippen LogP contribution in [0.3, 0.4) is 0 Å². The van der Waals surface area contributed by atoms with Crippen molar-refractivity contribution in [3.63, 3.8) is 0 Å². The lowest BCUT2D eigenvalue weighted by atomic mass is 10.1. The summed E-state index contributed by atoms with van der Waals surface area (Å²) >= 11 is 1.32. The molecule has 0 saturated heterocycles. The molecular weight excluding hydrogens is 396 g/mol. The molecule has 2 heterocycles. The van der Waals surface area contributed by atoms with Gasteiger partial charge in [0.2, 0.25) is 0 Å².